The maximum atomic E-state index is 5.38. The third-order valence-corrected chi connectivity index (χ3v) is 13.6. The molecule has 0 fully saturated rings. The first-order valence-electron chi connectivity index (χ1n) is 21.2. The SMILES string of the molecule is c1ccc(-c2cccc(-c3nc(-c4ccccc4)nc(-n4c5ccccc5c5ccc6c7ccc8c9ccccc9n(-c9ccccc9-c9ccccc9)c8c7sc6c54)n3)c2)cc1. The number of rotatable bonds is 6. The molecule has 4 aromatic heterocycles. The molecule has 13 rings (SSSR count). The van der Waals surface area contributed by atoms with E-state index < -0.39 is 0 Å². The Morgan fingerprint density at radius 3 is 1.46 bits per heavy atom. The first kappa shape index (κ1) is 35.6. The molecule has 0 aliphatic rings. The van der Waals surface area contributed by atoms with Crippen LogP contribution in [0.1, 0.15) is 0 Å². The highest BCUT2D eigenvalue weighted by Gasteiger charge is 2.24. The lowest BCUT2D eigenvalue weighted by molar-refractivity contribution is 0.955. The van der Waals surface area contributed by atoms with Gasteiger partial charge in [0.15, 0.2) is 11.6 Å². The molecule has 0 saturated heterocycles. The van der Waals surface area contributed by atoms with Crippen LogP contribution in [0.5, 0.6) is 0 Å². The van der Waals surface area contributed by atoms with Crippen LogP contribution in [0.25, 0.3) is 120 Å². The minimum Gasteiger partial charge on any atom is -0.307 e. The van der Waals surface area contributed by atoms with Gasteiger partial charge in [-0.3, -0.25) is 4.57 Å². The summed E-state index contributed by atoms with van der Waals surface area (Å²) in [6, 6.07) is 75.4. The molecule has 0 aliphatic carbocycles. The van der Waals surface area contributed by atoms with E-state index in [-0.39, 0.29) is 0 Å². The standard InChI is InChI=1S/C57H35N5S/c1-4-17-36(18-5-1)39-23-16-24-40(35-39)56-58-55(38-21-8-3-9-22-38)59-57(60-56)62-50-30-15-12-27-43(50)45-32-34-47-46-33-31-44-42-26-11-14-29-49(42)61(51(44)53(46)63-54(47)52(45)62)48-28-13-10-25-41(48)37-19-6-2-7-20-37/h1-35H. The van der Waals surface area contributed by atoms with Crippen molar-refractivity contribution in [2.24, 2.45) is 0 Å². The lowest BCUT2D eigenvalue weighted by Gasteiger charge is -2.14. The average molecular weight is 822 g/mol. The lowest BCUT2D eigenvalue weighted by atomic mass is 10.0. The van der Waals surface area contributed by atoms with E-state index in [1.165, 1.54) is 53.1 Å². The molecule has 0 aliphatic heterocycles. The van der Waals surface area contributed by atoms with Crippen molar-refractivity contribution >= 4 is 75.1 Å². The van der Waals surface area contributed by atoms with Crippen LogP contribution in [0, 0.1) is 0 Å². The molecular weight excluding hydrogens is 787 g/mol. The molecule has 9 aromatic carbocycles. The van der Waals surface area contributed by atoms with Gasteiger partial charge in [0.2, 0.25) is 5.95 Å². The third-order valence-electron chi connectivity index (χ3n) is 12.4. The fourth-order valence-corrected chi connectivity index (χ4v) is 10.9. The van der Waals surface area contributed by atoms with E-state index in [1.807, 2.05) is 35.6 Å². The van der Waals surface area contributed by atoms with Gasteiger partial charge in [-0.05, 0) is 41.0 Å². The fourth-order valence-electron chi connectivity index (χ4n) is 9.55. The van der Waals surface area contributed by atoms with Gasteiger partial charge >= 0.3 is 0 Å². The zero-order valence-electron chi connectivity index (χ0n) is 33.9. The molecule has 0 spiro atoms. The highest BCUT2D eigenvalue weighted by atomic mass is 32.1. The summed E-state index contributed by atoms with van der Waals surface area (Å²) in [5.74, 6) is 1.82. The molecule has 0 N–H and O–H groups in total. The van der Waals surface area contributed by atoms with E-state index in [1.54, 1.807) is 0 Å². The van der Waals surface area contributed by atoms with Gasteiger partial charge < -0.3 is 4.57 Å². The van der Waals surface area contributed by atoms with Crippen molar-refractivity contribution in [3.63, 3.8) is 0 Å². The molecule has 13 aromatic rings. The minimum atomic E-state index is 0.580. The van der Waals surface area contributed by atoms with Gasteiger partial charge in [-0.25, -0.2) is 4.98 Å². The van der Waals surface area contributed by atoms with Crippen molar-refractivity contribution in [2.75, 3.05) is 0 Å². The molecule has 294 valence electrons. The number of benzene rings is 9. The lowest BCUT2D eigenvalue weighted by Crippen LogP contribution is -2.06. The van der Waals surface area contributed by atoms with Crippen LogP contribution in [0.3, 0.4) is 0 Å². The Morgan fingerprint density at radius 1 is 0.317 bits per heavy atom. The summed E-state index contributed by atoms with van der Waals surface area (Å²) in [7, 11) is 0. The highest BCUT2D eigenvalue weighted by Crippen LogP contribution is 2.47. The number of nitrogens with zero attached hydrogens (tertiary/aromatic N) is 5. The van der Waals surface area contributed by atoms with Crippen molar-refractivity contribution in [3.05, 3.63) is 212 Å². The molecule has 0 radical (unpaired) electrons. The van der Waals surface area contributed by atoms with Gasteiger partial charge in [0.05, 0.1) is 37.2 Å². The van der Waals surface area contributed by atoms with E-state index in [9.17, 15) is 0 Å². The Hall–Kier alpha value is -8.19. The van der Waals surface area contributed by atoms with Gasteiger partial charge in [0.1, 0.15) is 0 Å². The summed E-state index contributed by atoms with van der Waals surface area (Å²) in [5.41, 5.74) is 12.2. The predicted octanol–water partition coefficient (Wildman–Crippen LogP) is 15.1. The number of para-hydroxylation sites is 3. The largest absolute Gasteiger partial charge is 0.307 e. The van der Waals surface area contributed by atoms with Crippen LogP contribution in [-0.2, 0) is 0 Å². The van der Waals surface area contributed by atoms with Crippen molar-refractivity contribution in [3.8, 4) is 56.7 Å². The number of hydrogen-bond donors (Lipinski definition) is 0. The Bertz CT molecular complexity index is 3900. The Balaban J connectivity index is 1.12. The molecule has 0 atom stereocenters. The topological polar surface area (TPSA) is 48.5 Å². The van der Waals surface area contributed by atoms with Crippen LogP contribution in [0.15, 0.2) is 212 Å². The smallest absolute Gasteiger partial charge is 0.238 e. The first-order valence-corrected chi connectivity index (χ1v) is 22.0. The molecule has 63 heavy (non-hydrogen) atoms. The van der Waals surface area contributed by atoms with Gasteiger partial charge in [0, 0.05) is 49.0 Å². The monoisotopic (exact) mass is 821 g/mol. The highest BCUT2D eigenvalue weighted by molar-refractivity contribution is 7.27. The van der Waals surface area contributed by atoms with Crippen molar-refractivity contribution in [1.29, 1.82) is 0 Å². The van der Waals surface area contributed by atoms with Gasteiger partial charge in [-0.15, -0.1) is 11.3 Å². The quantitative estimate of drug-likeness (QED) is 0.168. The zero-order chi connectivity index (χ0) is 41.4. The van der Waals surface area contributed by atoms with Gasteiger partial charge in [-0.2, -0.15) is 9.97 Å². The molecule has 0 amide bonds. The molecule has 5 nitrogen and oxygen atoms in total. The second kappa shape index (κ2) is 14.2. The Kier molecular flexibility index (Phi) is 8.01. The third kappa shape index (κ3) is 5.59. The number of hydrogen-bond acceptors (Lipinski definition) is 4. The first-order chi connectivity index (χ1) is 31.3. The normalized spacial score (nSPS) is 11.8. The van der Waals surface area contributed by atoms with E-state index in [0.29, 0.717) is 17.6 Å². The van der Waals surface area contributed by atoms with Crippen LogP contribution in [0.2, 0.25) is 0 Å². The van der Waals surface area contributed by atoms with E-state index in [0.717, 1.165) is 49.7 Å². The van der Waals surface area contributed by atoms with E-state index in [2.05, 4.69) is 197 Å². The summed E-state index contributed by atoms with van der Waals surface area (Å²) in [6.45, 7) is 0. The number of fused-ring (bicyclic) bond motifs is 11. The fraction of sp³-hybridized carbons (Fsp3) is 0. The predicted molar refractivity (Wildman–Crippen MR) is 263 cm³/mol. The molecule has 0 bridgehead atoms. The Morgan fingerprint density at radius 2 is 0.794 bits per heavy atom. The van der Waals surface area contributed by atoms with Crippen molar-refractivity contribution in [2.45, 2.75) is 0 Å². The molecule has 6 heteroatoms. The van der Waals surface area contributed by atoms with Crippen LogP contribution < -0.4 is 0 Å². The second-order valence-electron chi connectivity index (χ2n) is 16.0. The second-order valence-corrected chi connectivity index (χ2v) is 17.0. The van der Waals surface area contributed by atoms with Crippen molar-refractivity contribution < 1.29 is 0 Å². The zero-order valence-corrected chi connectivity index (χ0v) is 34.7. The molecular formula is C57H35N5S. The Labute approximate surface area is 366 Å². The summed E-state index contributed by atoms with van der Waals surface area (Å²) in [6.07, 6.45) is 0. The number of aromatic nitrogens is 5. The summed E-state index contributed by atoms with van der Waals surface area (Å²) >= 11 is 1.86. The van der Waals surface area contributed by atoms with Gasteiger partial charge in [-0.1, -0.05) is 188 Å². The number of thiophene rings is 1. The van der Waals surface area contributed by atoms with Crippen molar-refractivity contribution in [1.82, 2.24) is 24.1 Å². The minimum absolute atomic E-state index is 0.580. The molecule has 0 saturated carbocycles. The summed E-state index contributed by atoms with van der Waals surface area (Å²) in [5, 5.41) is 7.20. The van der Waals surface area contributed by atoms with E-state index >= 15 is 0 Å². The average Bonchev–Trinajstić information content (AvgIpc) is 4.03. The van der Waals surface area contributed by atoms with Crippen LogP contribution >= 0.6 is 11.3 Å². The van der Waals surface area contributed by atoms with Crippen LogP contribution in [0.4, 0.5) is 0 Å². The molecule has 4 heterocycles. The molecule has 0 unspecified atom stereocenters. The van der Waals surface area contributed by atoms with E-state index in [4.69, 9.17) is 15.0 Å². The van der Waals surface area contributed by atoms with Gasteiger partial charge in [0.25, 0.3) is 0 Å². The van der Waals surface area contributed by atoms with Crippen LogP contribution in [-0.4, -0.2) is 24.1 Å². The maximum absolute atomic E-state index is 5.38. The maximum Gasteiger partial charge on any atom is 0.238 e. The summed E-state index contributed by atoms with van der Waals surface area (Å²) < 4.78 is 7.20. The summed E-state index contributed by atoms with van der Waals surface area (Å²) in [4.78, 5) is 15.9.